The Balaban J connectivity index is 2.42. The first-order valence-electron chi connectivity index (χ1n) is 5.48. The molecular weight excluding hydrogens is 230 g/mol. The third-order valence-corrected chi connectivity index (χ3v) is 2.35. The molecule has 0 unspecified atom stereocenters. The van der Waals surface area contributed by atoms with Crippen molar-refractivity contribution in [3.05, 3.63) is 47.8 Å². The maximum Gasteiger partial charge on any atom is 0.357 e. The van der Waals surface area contributed by atoms with E-state index in [1.165, 1.54) is 10.9 Å². The van der Waals surface area contributed by atoms with Crippen LogP contribution in [0, 0.1) is 11.3 Å². The molecule has 5 nitrogen and oxygen atoms in total. The first-order valence-corrected chi connectivity index (χ1v) is 5.48. The molecule has 2 rings (SSSR count). The lowest BCUT2D eigenvalue weighted by molar-refractivity contribution is 0.0516. The van der Waals surface area contributed by atoms with E-state index < -0.39 is 5.97 Å². The van der Waals surface area contributed by atoms with Gasteiger partial charge in [0.25, 0.3) is 0 Å². The molecule has 0 saturated carbocycles. The quantitative estimate of drug-likeness (QED) is 0.770. The van der Waals surface area contributed by atoms with Crippen LogP contribution in [0.5, 0.6) is 0 Å². The molecule has 5 heteroatoms. The number of hydrogen-bond donors (Lipinski definition) is 0. The van der Waals surface area contributed by atoms with E-state index in [0.717, 1.165) is 0 Å². The zero-order valence-electron chi connectivity index (χ0n) is 9.83. The van der Waals surface area contributed by atoms with Crippen molar-refractivity contribution >= 4 is 5.97 Å². The second-order valence-electron chi connectivity index (χ2n) is 3.51. The zero-order valence-corrected chi connectivity index (χ0v) is 9.83. The number of ether oxygens (including phenoxy) is 1. The molecule has 90 valence electrons. The van der Waals surface area contributed by atoms with Crippen LogP contribution in [0.15, 0.2) is 36.5 Å². The molecule has 1 aromatic carbocycles. The van der Waals surface area contributed by atoms with Gasteiger partial charge < -0.3 is 4.74 Å². The highest BCUT2D eigenvalue weighted by Gasteiger charge is 2.14. The summed E-state index contributed by atoms with van der Waals surface area (Å²) in [6.45, 7) is 2.05. The van der Waals surface area contributed by atoms with Gasteiger partial charge in [-0.05, 0) is 31.2 Å². The highest BCUT2D eigenvalue weighted by Crippen LogP contribution is 2.13. The van der Waals surface area contributed by atoms with E-state index >= 15 is 0 Å². The topological polar surface area (TPSA) is 67.9 Å². The Bertz CT molecular complexity index is 611. The van der Waals surface area contributed by atoms with Crippen molar-refractivity contribution < 1.29 is 9.53 Å². The minimum atomic E-state index is -0.433. The molecule has 1 aromatic heterocycles. The van der Waals surface area contributed by atoms with Crippen molar-refractivity contribution in [2.75, 3.05) is 6.61 Å². The zero-order chi connectivity index (χ0) is 13.0. The molecule has 0 saturated heterocycles. The van der Waals surface area contributed by atoms with Crippen LogP contribution < -0.4 is 0 Å². The summed E-state index contributed by atoms with van der Waals surface area (Å²) in [6, 6.07) is 10.5. The van der Waals surface area contributed by atoms with Crippen LogP contribution >= 0.6 is 0 Å². The fraction of sp³-hybridized carbons (Fsp3) is 0.154. The second-order valence-corrected chi connectivity index (χ2v) is 3.51. The van der Waals surface area contributed by atoms with Crippen molar-refractivity contribution in [3.8, 4) is 11.8 Å². The van der Waals surface area contributed by atoms with E-state index in [1.54, 1.807) is 37.3 Å². The Morgan fingerprint density at radius 3 is 3.06 bits per heavy atom. The van der Waals surface area contributed by atoms with Crippen LogP contribution in [-0.2, 0) is 4.74 Å². The standard InChI is InChI=1S/C13H11N3O2/c1-2-18-13(17)12-6-7-15-16(12)11-5-3-4-10(8-11)9-14/h3-8H,2H2,1H3. The Hall–Kier alpha value is -2.61. The number of rotatable bonds is 3. The summed E-state index contributed by atoms with van der Waals surface area (Å²) >= 11 is 0. The molecule has 18 heavy (non-hydrogen) atoms. The molecule has 2 aromatic rings. The van der Waals surface area contributed by atoms with Gasteiger partial charge in [-0.15, -0.1) is 0 Å². The van der Waals surface area contributed by atoms with Gasteiger partial charge in [0.15, 0.2) is 5.69 Å². The minimum Gasteiger partial charge on any atom is -0.461 e. The second kappa shape index (κ2) is 5.15. The average Bonchev–Trinajstić information content (AvgIpc) is 2.88. The highest BCUT2D eigenvalue weighted by atomic mass is 16.5. The average molecular weight is 241 g/mol. The molecule has 0 amide bonds. The van der Waals surface area contributed by atoms with Gasteiger partial charge in [-0.25, -0.2) is 9.48 Å². The molecular formula is C13H11N3O2. The number of nitrogens with zero attached hydrogens (tertiary/aromatic N) is 3. The number of aromatic nitrogens is 2. The Labute approximate surface area is 104 Å². The lowest BCUT2D eigenvalue weighted by atomic mass is 10.2. The van der Waals surface area contributed by atoms with Crippen LogP contribution in [0.25, 0.3) is 5.69 Å². The SMILES string of the molecule is CCOC(=O)c1ccnn1-c1cccc(C#N)c1. The van der Waals surface area contributed by atoms with Gasteiger partial charge in [-0.2, -0.15) is 10.4 Å². The predicted molar refractivity (Wildman–Crippen MR) is 64.2 cm³/mol. The molecule has 0 aliphatic rings. The Kier molecular flexibility index (Phi) is 3.39. The highest BCUT2D eigenvalue weighted by molar-refractivity contribution is 5.88. The number of nitriles is 1. The Morgan fingerprint density at radius 2 is 2.33 bits per heavy atom. The number of benzene rings is 1. The van der Waals surface area contributed by atoms with E-state index in [1.807, 2.05) is 6.07 Å². The third kappa shape index (κ3) is 2.23. The lowest BCUT2D eigenvalue weighted by Gasteiger charge is -2.06. The molecule has 0 aliphatic heterocycles. The van der Waals surface area contributed by atoms with Gasteiger partial charge in [0.05, 0.1) is 30.1 Å². The van der Waals surface area contributed by atoms with Gasteiger partial charge in [0.1, 0.15) is 0 Å². The van der Waals surface area contributed by atoms with Crippen molar-refractivity contribution in [2.45, 2.75) is 6.92 Å². The fourth-order valence-electron chi connectivity index (χ4n) is 1.58. The van der Waals surface area contributed by atoms with Gasteiger partial charge in [0.2, 0.25) is 0 Å². The van der Waals surface area contributed by atoms with Gasteiger partial charge in [-0.1, -0.05) is 6.07 Å². The Morgan fingerprint density at radius 1 is 1.50 bits per heavy atom. The molecule has 0 atom stereocenters. The van der Waals surface area contributed by atoms with E-state index in [2.05, 4.69) is 5.10 Å². The minimum absolute atomic E-state index is 0.308. The van der Waals surface area contributed by atoms with E-state index in [9.17, 15) is 4.79 Å². The monoisotopic (exact) mass is 241 g/mol. The summed E-state index contributed by atoms with van der Waals surface area (Å²) in [5.74, 6) is -0.433. The van der Waals surface area contributed by atoms with Crippen LogP contribution in [0.4, 0.5) is 0 Å². The van der Waals surface area contributed by atoms with Gasteiger partial charge in [-0.3, -0.25) is 0 Å². The predicted octanol–water partition coefficient (Wildman–Crippen LogP) is 1.92. The largest absolute Gasteiger partial charge is 0.461 e. The maximum absolute atomic E-state index is 11.7. The van der Waals surface area contributed by atoms with Crippen molar-refractivity contribution in [2.24, 2.45) is 0 Å². The van der Waals surface area contributed by atoms with E-state index in [4.69, 9.17) is 10.00 Å². The van der Waals surface area contributed by atoms with Crippen LogP contribution in [0.2, 0.25) is 0 Å². The van der Waals surface area contributed by atoms with Gasteiger partial charge in [0, 0.05) is 0 Å². The molecule has 0 fully saturated rings. The summed E-state index contributed by atoms with van der Waals surface area (Å²) in [5, 5.41) is 12.9. The first-order chi connectivity index (χ1) is 8.76. The molecule has 1 heterocycles. The smallest absolute Gasteiger partial charge is 0.357 e. The summed E-state index contributed by atoms with van der Waals surface area (Å²) in [5.41, 5.74) is 1.51. The summed E-state index contributed by atoms with van der Waals surface area (Å²) in [4.78, 5) is 11.7. The first kappa shape index (κ1) is 11.9. The molecule has 0 aliphatic carbocycles. The summed E-state index contributed by atoms with van der Waals surface area (Å²) in [7, 11) is 0. The maximum atomic E-state index is 11.7. The van der Waals surface area contributed by atoms with Crippen LogP contribution in [-0.4, -0.2) is 22.4 Å². The summed E-state index contributed by atoms with van der Waals surface area (Å²) < 4.78 is 6.40. The lowest BCUT2D eigenvalue weighted by Crippen LogP contribution is -2.11. The summed E-state index contributed by atoms with van der Waals surface area (Å²) in [6.07, 6.45) is 1.52. The number of carbonyl (C=O) groups excluding carboxylic acids is 1. The number of esters is 1. The molecule has 0 bridgehead atoms. The fourth-order valence-corrected chi connectivity index (χ4v) is 1.58. The van der Waals surface area contributed by atoms with E-state index in [-0.39, 0.29) is 0 Å². The molecule has 0 N–H and O–H groups in total. The van der Waals surface area contributed by atoms with Crippen LogP contribution in [0.1, 0.15) is 23.0 Å². The van der Waals surface area contributed by atoms with Gasteiger partial charge >= 0.3 is 5.97 Å². The number of carbonyl (C=O) groups is 1. The third-order valence-electron chi connectivity index (χ3n) is 2.35. The van der Waals surface area contributed by atoms with Crippen molar-refractivity contribution in [1.82, 2.24) is 9.78 Å². The molecule has 0 radical (unpaired) electrons. The normalized spacial score (nSPS) is 9.78. The van der Waals surface area contributed by atoms with Crippen molar-refractivity contribution in [3.63, 3.8) is 0 Å². The van der Waals surface area contributed by atoms with E-state index in [0.29, 0.717) is 23.6 Å². The number of hydrogen-bond acceptors (Lipinski definition) is 4. The van der Waals surface area contributed by atoms with Crippen LogP contribution in [0.3, 0.4) is 0 Å². The van der Waals surface area contributed by atoms with Crippen molar-refractivity contribution in [1.29, 1.82) is 5.26 Å². The molecule has 0 spiro atoms.